The molecule has 8 heteroatoms. The van der Waals surface area contributed by atoms with Crippen molar-refractivity contribution in [2.45, 2.75) is 6.04 Å². The van der Waals surface area contributed by atoms with E-state index in [4.69, 9.17) is 15.4 Å². The molecule has 2 rings (SSSR count). The first-order chi connectivity index (χ1) is 7.70. The summed E-state index contributed by atoms with van der Waals surface area (Å²) in [7, 11) is 0. The molecule has 16 heavy (non-hydrogen) atoms. The summed E-state index contributed by atoms with van der Waals surface area (Å²) in [5.41, 5.74) is 5.51. The molecule has 0 spiro atoms. The highest BCUT2D eigenvalue weighted by Crippen LogP contribution is 2.14. The maximum Gasteiger partial charge on any atom is 0.278 e. The third kappa shape index (κ3) is 1.97. The van der Waals surface area contributed by atoms with Crippen molar-refractivity contribution in [3.63, 3.8) is 0 Å². The summed E-state index contributed by atoms with van der Waals surface area (Å²) in [5, 5.41) is 18.3. The molecule has 0 bridgehead atoms. The summed E-state index contributed by atoms with van der Waals surface area (Å²) in [6.45, 7) is -0.280. The molecule has 0 aliphatic carbocycles. The van der Waals surface area contributed by atoms with Crippen LogP contribution in [0.4, 0.5) is 0 Å². The monoisotopic (exact) mass is 223 g/mol. The van der Waals surface area contributed by atoms with Gasteiger partial charge >= 0.3 is 0 Å². The third-order valence-corrected chi connectivity index (χ3v) is 1.87. The zero-order chi connectivity index (χ0) is 11.5. The van der Waals surface area contributed by atoms with E-state index in [1.54, 1.807) is 0 Å². The number of H-pyrrole nitrogens is 1. The van der Waals surface area contributed by atoms with Crippen LogP contribution in [-0.4, -0.2) is 32.1 Å². The topological polar surface area (TPSA) is 131 Å². The van der Waals surface area contributed by atoms with E-state index in [9.17, 15) is 4.79 Å². The van der Waals surface area contributed by atoms with Gasteiger partial charge in [0.1, 0.15) is 5.69 Å². The van der Waals surface area contributed by atoms with Crippen LogP contribution >= 0.6 is 0 Å². The van der Waals surface area contributed by atoms with Crippen LogP contribution in [0.5, 0.6) is 0 Å². The molecule has 0 saturated heterocycles. The van der Waals surface area contributed by atoms with Crippen LogP contribution in [0.25, 0.3) is 11.6 Å². The zero-order valence-electron chi connectivity index (χ0n) is 8.12. The van der Waals surface area contributed by atoms with E-state index in [0.29, 0.717) is 5.69 Å². The average Bonchev–Trinajstić information content (AvgIpc) is 2.78. The van der Waals surface area contributed by atoms with Crippen molar-refractivity contribution in [1.29, 1.82) is 0 Å². The fourth-order valence-electron chi connectivity index (χ4n) is 1.03. The Morgan fingerprint density at radius 3 is 3.00 bits per heavy atom. The quantitative estimate of drug-likeness (QED) is 0.596. The highest BCUT2D eigenvalue weighted by molar-refractivity contribution is 5.44. The minimum absolute atomic E-state index is 0.134. The van der Waals surface area contributed by atoms with Crippen LogP contribution in [0, 0.1) is 0 Å². The molecule has 8 nitrogen and oxygen atoms in total. The van der Waals surface area contributed by atoms with E-state index in [2.05, 4.69) is 20.3 Å². The second kappa shape index (κ2) is 4.21. The van der Waals surface area contributed by atoms with Gasteiger partial charge in [-0.1, -0.05) is 5.16 Å². The molecule has 4 N–H and O–H groups in total. The molecule has 1 unspecified atom stereocenters. The molecule has 1 atom stereocenters. The maximum absolute atomic E-state index is 10.8. The van der Waals surface area contributed by atoms with Gasteiger partial charge in [0.05, 0.1) is 12.6 Å². The van der Waals surface area contributed by atoms with Gasteiger partial charge in [-0.3, -0.25) is 4.79 Å². The number of aromatic nitrogens is 4. The molecule has 0 saturated carbocycles. The van der Waals surface area contributed by atoms with Crippen LogP contribution in [0.2, 0.25) is 0 Å². The number of hydrogen-bond acceptors (Lipinski definition) is 7. The van der Waals surface area contributed by atoms with Gasteiger partial charge in [-0.05, 0) is 6.07 Å². The Bertz CT molecular complexity index is 514. The van der Waals surface area contributed by atoms with E-state index >= 15 is 0 Å². The Morgan fingerprint density at radius 2 is 2.38 bits per heavy atom. The van der Waals surface area contributed by atoms with Crippen LogP contribution in [0.3, 0.4) is 0 Å². The van der Waals surface area contributed by atoms with Crippen LogP contribution in [0.15, 0.2) is 21.5 Å². The first-order valence-electron chi connectivity index (χ1n) is 4.47. The summed E-state index contributed by atoms with van der Waals surface area (Å²) in [6.07, 6.45) is 0. The van der Waals surface area contributed by atoms with Crippen LogP contribution < -0.4 is 11.3 Å². The Balaban J connectivity index is 2.31. The number of nitrogens with two attached hydrogens (primary N) is 1. The Morgan fingerprint density at radius 1 is 1.56 bits per heavy atom. The molecule has 0 fully saturated rings. The Kier molecular flexibility index (Phi) is 2.75. The summed E-state index contributed by atoms with van der Waals surface area (Å²) >= 11 is 0. The van der Waals surface area contributed by atoms with Gasteiger partial charge in [0.2, 0.25) is 0 Å². The fraction of sp³-hybridized carbons (Fsp3) is 0.250. The van der Waals surface area contributed by atoms with Gasteiger partial charge in [-0.25, -0.2) is 5.10 Å². The normalized spacial score (nSPS) is 12.6. The number of nitrogens with zero attached hydrogens (tertiary/aromatic N) is 3. The van der Waals surface area contributed by atoms with Gasteiger partial charge in [-0.2, -0.15) is 10.1 Å². The minimum Gasteiger partial charge on any atom is -0.394 e. The zero-order valence-corrected chi connectivity index (χ0v) is 8.12. The van der Waals surface area contributed by atoms with Crippen molar-refractivity contribution in [2.24, 2.45) is 5.73 Å². The Labute approximate surface area is 89.1 Å². The van der Waals surface area contributed by atoms with Gasteiger partial charge in [-0.15, -0.1) is 0 Å². The molecular weight excluding hydrogens is 214 g/mol. The van der Waals surface area contributed by atoms with Crippen molar-refractivity contribution >= 4 is 0 Å². The van der Waals surface area contributed by atoms with Crippen molar-refractivity contribution in [3.05, 3.63) is 28.3 Å². The standard InChI is InChI=1S/C8H9N5O3/c9-4(3-14)7-10-8(16-13-7)5-1-2-6(15)12-11-5/h1-2,4,14H,3,9H2,(H,12,15). The second-order valence-corrected chi connectivity index (χ2v) is 3.05. The lowest BCUT2D eigenvalue weighted by Crippen LogP contribution is -2.15. The van der Waals surface area contributed by atoms with Crippen molar-refractivity contribution in [3.8, 4) is 11.6 Å². The first kappa shape index (κ1) is 10.5. The van der Waals surface area contributed by atoms with Crippen LogP contribution in [0.1, 0.15) is 11.9 Å². The lowest BCUT2D eigenvalue weighted by Gasteiger charge is -1.98. The predicted molar refractivity (Wildman–Crippen MR) is 52.2 cm³/mol. The molecule has 0 aromatic carbocycles. The first-order valence-corrected chi connectivity index (χ1v) is 4.47. The number of aliphatic hydroxyl groups excluding tert-OH is 1. The molecule has 0 aliphatic heterocycles. The van der Waals surface area contributed by atoms with Crippen molar-refractivity contribution in [2.75, 3.05) is 6.61 Å². The molecule has 0 amide bonds. The van der Waals surface area contributed by atoms with E-state index in [-0.39, 0.29) is 23.9 Å². The molecule has 2 aromatic rings. The smallest absolute Gasteiger partial charge is 0.278 e. The van der Waals surface area contributed by atoms with E-state index in [1.165, 1.54) is 12.1 Å². The minimum atomic E-state index is -0.694. The summed E-state index contributed by atoms with van der Waals surface area (Å²) in [5.74, 6) is 0.320. The molecule has 84 valence electrons. The number of aliphatic hydroxyl groups is 1. The van der Waals surface area contributed by atoms with E-state index < -0.39 is 6.04 Å². The van der Waals surface area contributed by atoms with Gasteiger partial charge in [0, 0.05) is 6.07 Å². The highest BCUT2D eigenvalue weighted by atomic mass is 16.5. The fourth-order valence-corrected chi connectivity index (χ4v) is 1.03. The molecule has 2 aromatic heterocycles. The van der Waals surface area contributed by atoms with Crippen LogP contribution in [-0.2, 0) is 0 Å². The number of nitrogens with one attached hydrogen (secondary N) is 1. The summed E-state index contributed by atoms with van der Waals surface area (Å²) in [6, 6.07) is 2.04. The Hall–Kier alpha value is -2.06. The second-order valence-electron chi connectivity index (χ2n) is 3.05. The lowest BCUT2D eigenvalue weighted by atomic mass is 10.3. The van der Waals surface area contributed by atoms with E-state index in [1.807, 2.05) is 0 Å². The van der Waals surface area contributed by atoms with Crippen molar-refractivity contribution < 1.29 is 9.63 Å². The number of aromatic amines is 1. The summed E-state index contributed by atoms with van der Waals surface area (Å²) in [4.78, 5) is 14.7. The van der Waals surface area contributed by atoms with Gasteiger partial charge in [0.15, 0.2) is 5.82 Å². The SMILES string of the molecule is NC(CO)c1noc(-c2ccc(=O)[nH]n2)n1. The number of hydrogen-bond donors (Lipinski definition) is 3. The van der Waals surface area contributed by atoms with E-state index in [0.717, 1.165) is 0 Å². The summed E-state index contributed by atoms with van der Waals surface area (Å²) < 4.78 is 4.88. The average molecular weight is 223 g/mol. The third-order valence-electron chi connectivity index (χ3n) is 1.87. The lowest BCUT2D eigenvalue weighted by molar-refractivity contribution is 0.260. The largest absolute Gasteiger partial charge is 0.394 e. The van der Waals surface area contributed by atoms with Gasteiger partial charge in [0.25, 0.3) is 11.4 Å². The molecular formula is C8H9N5O3. The molecule has 0 radical (unpaired) electrons. The van der Waals surface area contributed by atoms with Gasteiger partial charge < -0.3 is 15.4 Å². The highest BCUT2D eigenvalue weighted by Gasteiger charge is 2.15. The number of rotatable bonds is 3. The van der Waals surface area contributed by atoms with Crippen molar-refractivity contribution in [1.82, 2.24) is 20.3 Å². The molecule has 2 heterocycles. The maximum atomic E-state index is 10.8. The predicted octanol–water partition coefficient (Wildman–Crippen LogP) is -1.19. The molecule has 0 aliphatic rings.